The van der Waals surface area contributed by atoms with Crippen LogP contribution in [0.3, 0.4) is 0 Å². The van der Waals surface area contributed by atoms with E-state index in [-0.39, 0.29) is 18.2 Å². The van der Waals surface area contributed by atoms with Crippen molar-refractivity contribution in [2.75, 3.05) is 26.5 Å². The van der Waals surface area contributed by atoms with Crippen LogP contribution in [0.1, 0.15) is 23.2 Å². The number of piperidine rings is 1. The lowest BCUT2D eigenvalue weighted by Crippen LogP contribution is -2.41. The summed E-state index contributed by atoms with van der Waals surface area (Å²) in [6.45, 7) is 0.776. The molecule has 1 fully saturated rings. The highest BCUT2D eigenvalue weighted by molar-refractivity contribution is 7.88. The number of methoxy groups -OCH3 is 1. The Morgan fingerprint density at radius 1 is 1.17 bits per heavy atom. The lowest BCUT2D eigenvalue weighted by molar-refractivity contribution is 0.0873. The molecule has 3 rings (SSSR count). The summed E-state index contributed by atoms with van der Waals surface area (Å²) in [6, 6.07) is 11.3. The summed E-state index contributed by atoms with van der Waals surface area (Å²) in [4.78, 5) is 12.8. The van der Waals surface area contributed by atoms with Gasteiger partial charge in [-0.3, -0.25) is 4.79 Å². The highest BCUT2D eigenvalue weighted by Gasteiger charge is 2.30. The molecule has 0 spiro atoms. The predicted octanol–water partition coefficient (Wildman–Crippen LogP) is 2.70. The van der Waals surface area contributed by atoms with Crippen molar-refractivity contribution < 1.29 is 17.9 Å². The Bertz CT molecular complexity index is 876. The molecular weight excluding hydrogens is 326 g/mol. The Hall–Kier alpha value is -1.92. The first-order chi connectivity index (χ1) is 11.4. The second kappa shape index (κ2) is 6.53. The maximum atomic E-state index is 12.8. The third-order valence-electron chi connectivity index (χ3n) is 4.56. The molecule has 2 aromatic carbocycles. The van der Waals surface area contributed by atoms with E-state index in [0.717, 1.165) is 22.9 Å². The summed E-state index contributed by atoms with van der Waals surface area (Å²) in [7, 11) is -1.63. The molecule has 1 saturated heterocycles. The van der Waals surface area contributed by atoms with E-state index in [0.29, 0.717) is 18.5 Å². The normalized spacial score (nSPS) is 19.3. The van der Waals surface area contributed by atoms with Gasteiger partial charge in [0, 0.05) is 24.6 Å². The van der Waals surface area contributed by atoms with E-state index >= 15 is 0 Å². The molecule has 0 bridgehead atoms. The molecular formula is C18H21NO4S. The van der Waals surface area contributed by atoms with Crippen molar-refractivity contribution in [3.05, 3.63) is 42.0 Å². The molecule has 0 radical (unpaired) electrons. The van der Waals surface area contributed by atoms with Gasteiger partial charge in [-0.05, 0) is 41.8 Å². The van der Waals surface area contributed by atoms with E-state index in [9.17, 15) is 13.2 Å². The van der Waals surface area contributed by atoms with Crippen molar-refractivity contribution >= 4 is 26.6 Å². The highest BCUT2D eigenvalue weighted by Crippen LogP contribution is 2.26. The number of benzene rings is 2. The Morgan fingerprint density at radius 3 is 2.58 bits per heavy atom. The minimum Gasteiger partial charge on any atom is -0.497 e. The van der Waals surface area contributed by atoms with Gasteiger partial charge in [-0.1, -0.05) is 18.2 Å². The molecule has 0 N–H and O–H groups in total. The van der Waals surface area contributed by atoms with Gasteiger partial charge in [0.05, 0.1) is 13.4 Å². The van der Waals surface area contributed by atoms with E-state index in [4.69, 9.17) is 4.74 Å². The monoisotopic (exact) mass is 347 g/mol. The first kappa shape index (κ1) is 16.9. The second-order valence-corrected chi connectivity index (χ2v) is 8.23. The molecule has 0 aromatic heterocycles. The number of hydrogen-bond donors (Lipinski definition) is 0. The van der Waals surface area contributed by atoms with Gasteiger partial charge in [0.2, 0.25) is 10.0 Å². The van der Waals surface area contributed by atoms with Gasteiger partial charge < -0.3 is 4.74 Å². The van der Waals surface area contributed by atoms with Gasteiger partial charge in [-0.15, -0.1) is 0 Å². The van der Waals surface area contributed by atoms with E-state index in [1.54, 1.807) is 7.11 Å². The molecule has 5 nitrogen and oxygen atoms in total. The molecule has 1 atom stereocenters. The highest BCUT2D eigenvalue weighted by atomic mass is 32.2. The maximum Gasteiger partial charge on any atom is 0.211 e. The third kappa shape index (κ3) is 3.44. The number of sulfonamides is 1. The van der Waals surface area contributed by atoms with Crippen molar-refractivity contribution in [1.82, 2.24) is 4.31 Å². The zero-order valence-electron chi connectivity index (χ0n) is 13.9. The van der Waals surface area contributed by atoms with Crippen LogP contribution in [0.25, 0.3) is 10.8 Å². The van der Waals surface area contributed by atoms with Gasteiger partial charge in [0.25, 0.3) is 0 Å². The molecule has 1 unspecified atom stereocenters. The van der Waals surface area contributed by atoms with Crippen LogP contribution in [0, 0.1) is 5.92 Å². The fourth-order valence-corrected chi connectivity index (χ4v) is 4.11. The Balaban J connectivity index is 1.85. The number of rotatable bonds is 4. The number of ketones is 1. The molecule has 1 aliphatic heterocycles. The van der Waals surface area contributed by atoms with Crippen LogP contribution in [0.4, 0.5) is 0 Å². The average Bonchev–Trinajstić information content (AvgIpc) is 2.59. The van der Waals surface area contributed by atoms with E-state index in [1.165, 1.54) is 10.6 Å². The quantitative estimate of drug-likeness (QED) is 0.798. The van der Waals surface area contributed by atoms with Gasteiger partial charge in [0.15, 0.2) is 5.78 Å². The van der Waals surface area contributed by atoms with Crippen molar-refractivity contribution in [1.29, 1.82) is 0 Å². The summed E-state index contributed by atoms with van der Waals surface area (Å²) in [5, 5.41) is 1.98. The molecule has 0 saturated carbocycles. The Labute approximate surface area is 142 Å². The SMILES string of the molecule is COc1ccc2cc(C(=O)C3CCCN(S(C)(=O)=O)C3)ccc2c1. The fraction of sp³-hybridized carbons (Fsp3) is 0.389. The van der Waals surface area contributed by atoms with Crippen molar-refractivity contribution in [2.24, 2.45) is 5.92 Å². The number of nitrogens with zero attached hydrogens (tertiary/aromatic N) is 1. The lowest BCUT2D eigenvalue weighted by atomic mass is 9.90. The number of carbonyl (C=O) groups excluding carboxylic acids is 1. The Kier molecular flexibility index (Phi) is 4.60. The van der Waals surface area contributed by atoms with E-state index in [1.807, 2.05) is 36.4 Å². The van der Waals surface area contributed by atoms with Crippen LogP contribution in [0.15, 0.2) is 36.4 Å². The van der Waals surface area contributed by atoms with Crippen molar-refractivity contribution in [3.63, 3.8) is 0 Å². The molecule has 0 aliphatic carbocycles. The van der Waals surface area contributed by atoms with Gasteiger partial charge in [-0.2, -0.15) is 0 Å². The number of hydrogen-bond acceptors (Lipinski definition) is 4. The molecule has 1 heterocycles. The average molecular weight is 347 g/mol. The maximum absolute atomic E-state index is 12.8. The minimum atomic E-state index is -3.25. The fourth-order valence-electron chi connectivity index (χ4n) is 3.20. The third-order valence-corrected chi connectivity index (χ3v) is 5.83. The first-order valence-electron chi connectivity index (χ1n) is 7.95. The van der Waals surface area contributed by atoms with Crippen molar-refractivity contribution in [2.45, 2.75) is 12.8 Å². The number of Topliss-reactive ketones (excluding diaryl/α,β-unsaturated/α-hetero) is 1. The standard InChI is InChI=1S/C18H21NO4S/c1-23-17-8-7-13-10-15(6-5-14(13)11-17)18(20)16-4-3-9-19(12-16)24(2,21)22/h5-8,10-11,16H,3-4,9,12H2,1-2H3. The topological polar surface area (TPSA) is 63.7 Å². The van der Waals surface area contributed by atoms with Crippen LogP contribution < -0.4 is 4.74 Å². The summed E-state index contributed by atoms with van der Waals surface area (Å²) in [5.74, 6) is 0.517. The molecule has 1 aliphatic rings. The van der Waals surface area contributed by atoms with Crippen LogP contribution in [-0.2, 0) is 10.0 Å². The van der Waals surface area contributed by atoms with Gasteiger partial charge in [-0.25, -0.2) is 12.7 Å². The molecule has 24 heavy (non-hydrogen) atoms. The van der Waals surface area contributed by atoms with Crippen LogP contribution in [-0.4, -0.2) is 45.0 Å². The molecule has 6 heteroatoms. The summed E-state index contributed by atoms with van der Waals surface area (Å²) < 4.78 is 30.1. The molecule has 128 valence electrons. The first-order valence-corrected chi connectivity index (χ1v) is 9.80. The smallest absolute Gasteiger partial charge is 0.211 e. The minimum absolute atomic E-state index is 0.0149. The van der Waals surface area contributed by atoms with Crippen molar-refractivity contribution in [3.8, 4) is 5.75 Å². The molecule has 2 aromatic rings. The summed E-state index contributed by atoms with van der Waals surface area (Å²) in [6.07, 6.45) is 2.64. The Morgan fingerprint density at radius 2 is 1.88 bits per heavy atom. The van der Waals surface area contributed by atoms with Gasteiger partial charge in [0.1, 0.15) is 5.75 Å². The summed E-state index contributed by atoms with van der Waals surface area (Å²) in [5.41, 5.74) is 0.632. The number of fused-ring (bicyclic) bond motifs is 1. The predicted molar refractivity (Wildman–Crippen MR) is 94.0 cm³/mol. The molecule has 0 amide bonds. The second-order valence-electron chi connectivity index (χ2n) is 6.25. The van der Waals surface area contributed by atoms with E-state index in [2.05, 4.69) is 0 Å². The summed E-state index contributed by atoms with van der Waals surface area (Å²) >= 11 is 0. The van der Waals surface area contributed by atoms with Crippen LogP contribution in [0.2, 0.25) is 0 Å². The number of carbonyl (C=O) groups is 1. The largest absolute Gasteiger partial charge is 0.497 e. The number of ether oxygens (including phenoxy) is 1. The zero-order valence-corrected chi connectivity index (χ0v) is 14.7. The van der Waals surface area contributed by atoms with Gasteiger partial charge >= 0.3 is 0 Å². The lowest BCUT2D eigenvalue weighted by Gasteiger charge is -2.30. The van der Waals surface area contributed by atoms with Crippen LogP contribution in [0.5, 0.6) is 5.75 Å². The van der Waals surface area contributed by atoms with Crippen LogP contribution >= 0.6 is 0 Å². The zero-order chi connectivity index (χ0) is 17.3. The van der Waals surface area contributed by atoms with E-state index < -0.39 is 10.0 Å².